The SMILES string of the molecule is COc1cccc(CNC(=O)[C@@H](Cc2ccccc2)NS(=O)(=O)c2ccc3c(c2)CCC(=O)N3)c1. The van der Waals surface area contributed by atoms with Crippen LogP contribution in [0.25, 0.3) is 0 Å². The van der Waals surface area contributed by atoms with Gasteiger partial charge in [-0.1, -0.05) is 42.5 Å². The second-order valence-corrected chi connectivity index (χ2v) is 10.0. The molecular formula is C26H27N3O5S. The number of methoxy groups -OCH3 is 1. The number of fused-ring (bicyclic) bond motifs is 1. The van der Waals surface area contributed by atoms with E-state index < -0.39 is 22.0 Å². The van der Waals surface area contributed by atoms with E-state index >= 15 is 0 Å². The summed E-state index contributed by atoms with van der Waals surface area (Å²) in [7, 11) is -2.44. The Morgan fingerprint density at radius 1 is 1.00 bits per heavy atom. The molecule has 1 heterocycles. The summed E-state index contributed by atoms with van der Waals surface area (Å²) >= 11 is 0. The molecule has 3 N–H and O–H groups in total. The Hall–Kier alpha value is -3.69. The molecule has 0 radical (unpaired) electrons. The van der Waals surface area contributed by atoms with Crippen molar-refractivity contribution in [2.75, 3.05) is 12.4 Å². The fourth-order valence-corrected chi connectivity index (χ4v) is 5.16. The van der Waals surface area contributed by atoms with E-state index in [4.69, 9.17) is 4.74 Å². The number of carbonyl (C=O) groups excluding carboxylic acids is 2. The van der Waals surface area contributed by atoms with Crippen molar-refractivity contribution < 1.29 is 22.7 Å². The fourth-order valence-electron chi connectivity index (χ4n) is 3.91. The molecule has 3 aromatic carbocycles. The summed E-state index contributed by atoms with van der Waals surface area (Å²) in [5, 5.41) is 5.57. The first kappa shape index (κ1) is 24.4. The highest BCUT2D eigenvalue weighted by atomic mass is 32.2. The number of hydrogen-bond donors (Lipinski definition) is 3. The second-order valence-electron chi connectivity index (χ2n) is 8.30. The average Bonchev–Trinajstić information content (AvgIpc) is 2.87. The molecule has 0 saturated heterocycles. The van der Waals surface area contributed by atoms with Crippen LogP contribution in [0.5, 0.6) is 5.75 Å². The largest absolute Gasteiger partial charge is 0.497 e. The summed E-state index contributed by atoms with van der Waals surface area (Å²) in [5.41, 5.74) is 3.01. The third kappa shape index (κ3) is 6.26. The van der Waals surface area contributed by atoms with Crippen LogP contribution < -0.4 is 20.1 Å². The Kier molecular flexibility index (Phi) is 7.48. The van der Waals surface area contributed by atoms with Crippen molar-refractivity contribution in [2.45, 2.75) is 36.7 Å². The van der Waals surface area contributed by atoms with E-state index in [0.29, 0.717) is 24.3 Å². The van der Waals surface area contributed by atoms with Gasteiger partial charge in [-0.2, -0.15) is 4.72 Å². The smallest absolute Gasteiger partial charge is 0.241 e. The first-order valence-corrected chi connectivity index (χ1v) is 12.7. The minimum absolute atomic E-state index is 0.0473. The summed E-state index contributed by atoms with van der Waals surface area (Å²) in [4.78, 5) is 24.8. The predicted molar refractivity (Wildman–Crippen MR) is 132 cm³/mol. The molecule has 4 rings (SSSR count). The van der Waals surface area contributed by atoms with E-state index in [1.165, 1.54) is 6.07 Å². The van der Waals surface area contributed by atoms with Gasteiger partial charge in [-0.25, -0.2) is 8.42 Å². The number of benzene rings is 3. The van der Waals surface area contributed by atoms with E-state index in [-0.39, 0.29) is 23.8 Å². The van der Waals surface area contributed by atoms with Crippen molar-refractivity contribution in [2.24, 2.45) is 0 Å². The first-order chi connectivity index (χ1) is 16.8. The normalized spacial score (nSPS) is 13.9. The molecule has 182 valence electrons. The number of ether oxygens (including phenoxy) is 1. The average molecular weight is 494 g/mol. The van der Waals surface area contributed by atoms with Gasteiger partial charge in [0.05, 0.1) is 12.0 Å². The maximum atomic E-state index is 13.3. The molecule has 1 aliphatic heterocycles. The lowest BCUT2D eigenvalue weighted by molar-refractivity contribution is -0.123. The van der Waals surface area contributed by atoms with Gasteiger partial charge in [-0.3, -0.25) is 9.59 Å². The lowest BCUT2D eigenvalue weighted by Gasteiger charge is -2.21. The molecule has 0 unspecified atom stereocenters. The Morgan fingerprint density at radius 3 is 2.54 bits per heavy atom. The van der Waals surface area contributed by atoms with E-state index in [2.05, 4.69) is 15.4 Å². The molecule has 8 nitrogen and oxygen atoms in total. The van der Waals surface area contributed by atoms with Gasteiger partial charge in [-0.15, -0.1) is 0 Å². The lowest BCUT2D eigenvalue weighted by Crippen LogP contribution is -2.47. The van der Waals surface area contributed by atoms with Crippen LogP contribution in [0.1, 0.15) is 23.1 Å². The molecule has 3 aromatic rings. The van der Waals surface area contributed by atoms with Gasteiger partial charge in [0.15, 0.2) is 0 Å². The minimum atomic E-state index is -4.01. The van der Waals surface area contributed by atoms with E-state index in [9.17, 15) is 18.0 Å². The zero-order valence-electron chi connectivity index (χ0n) is 19.3. The molecule has 0 fully saturated rings. The van der Waals surface area contributed by atoms with Gasteiger partial charge in [0.1, 0.15) is 11.8 Å². The van der Waals surface area contributed by atoms with Crippen LogP contribution in [0.2, 0.25) is 0 Å². The topological polar surface area (TPSA) is 114 Å². The molecule has 0 spiro atoms. The van der Waals surface area contributed by atoms with Crippen LogP contribution in [-0.4, -0.2) is 33.4 Å². The third-order valence-corrected chi connectivity index (χ3v) is 7.25. The Labute approximate surface area is 204 Å². The molecule has 2 amide bonds. The van der Waals surface area contributed by atoms with Crippen molar-refractivity contribution in [3.63, 3.8) is 0 Å². The number of aryl methyl sites for hydroxylation is 1. The summed E-state index contributed by atoms with van der Waals surface area (Å²) in [6.07, 6.45) is 0.942. The van der Waals surface area contributed by atoms with Crippen LogP contribution in [0.4, 0.5) is 5.69 Å². The molecule has 0 bridgehead atoms. The minimum Gasteiger partial charge on any atom is -0.497 e. The second kappa shape index (κ2) is 10.7. The summed E-state index contributed by atoms with van der Waals surface area (Å²) in [6.45, 7) is 0.224. The molecule has 9 heteroatoms. The van der Waals surface area contributed by atoms with Crippen LogP contribution in [0.3, 0.4) is 0 Å². The molecule has 0 saturated carbocycles. The molecule has 0 aromatic heterocycles. The quantitative estimate of drug-likeness (QED) is 0.424. The third-order valence-electron chi connectivity index (χ3n) is 5.78. The van der Waals surface area contributed by atoms with Crippen LogP contribution in [0, 0.1) is 0 Å². The van der Waals surface area contributed by atoms with Crippen molar-refractivity contribution in [1.29, 1.82) is 0 Å². The Bertz CT molecular complexity index is 1330. The maximum Gasteiger partial charge on any atom is 0.241 e. The van der Waals surface area contributed by atoms with Gasteiger partial charge < -0.3 is 15.4 Å². The number of sulfonamides is 1. The molecule has 35 heavy (non-hydrogen) atoms. The summed E-state index contributed by atoms with van der Waals surface area (Å²) < 4.78 is 34.3. The standard InChI is InChI=1S/C26H27N3O5S/c1-34-21-9-5-8-19(14-21)17-27-26(31)24(15-18-6-3-2-4-7-18)29-35(32,33)22-11-12-23-20(16-22)10-13-25(30)28-23/h2-9,11-12,14,16,24,29H,10,13,15,17H2,1H3,(H,27,31)(H,28,30)/t24-/m1/s1. The lowest BCUT2D eigenvalue weighted by atomic mass is 10.0. The fraction of sp³-hybridized carbons (Fsp3) is 0.231. The Morgan fingerprint density at radius 2 is 1.77 bits per heavy atom. The number of anilines is 1. The Balaban J connectivity index is 1.53. The zero-order chi connectivity index (χ0) is 24.8. The van der Waals surface area contributed by atoms with Crippen molar-refractivity contribution in [3.05, 3.63) is 89.5 Å². The van der Waals surface area contributed by atoms with E-state index in [1.807, 2.05) is 54.6 Å². The number of nitrogens with one attached hydrogen (secondary N) is 3. The molecule has 0 aliphatic carbocycles. The first-order valence-electron chi connectivity index (χ1n) is 11.2. The van der Waals surface area contributed by atoms with Crippen LogP contribution >= 0.6 is 0 Å². The zero-order valence-corrected chi connectivity index (χ0v) is 20.1. The van der Waals surface area contributed by atoms with E-state index in [1.54, 1.807) is 19.2 Å². The maximum absolute atomic E-state index is 13.3. The highest BCUT2D eigenvalue weighted by Gasteiger charge is 2.27. The molecule has 1 atom stereocenters. The van der Waals surface area contributed by atoms with Gasteiger partial charge in [-0.05, 0) is 59.9 Å². The van der Waals surface area contributed by atoms with Crippen LogP contribution in [0.15, 0.2) is 77.7 Å². The number of amides is 2. The van der Waals surface area contributed by atoms with Crippen LogP contribution in [-0.2, 0) is 39.0 Å². The van der Waals surface area contributed by atoms with Crippen molar-refractivity contribution >= 4 is 27.5 Å². The highest BCUT2D eigenvalue weighted by Crippen LogP contribution is 2.25. The predicted octanol–water partition coefficient (Wildman–Crippen LogP) is 2.79. The van der Waals surface area contributed by atoms with Gasteiger partial charge in [0.2, 0.25) is 21.8 Å². The number of hydrogen-bond acceptors (Lipinski definition) is 5. The molecular weight excluding hydrogens is 466 g/mol. The van der Waals surface area contributed by atoms with Crippen molar-refractivity contribution in [3.8, 4) is 5.75 Å². The molecule has 1 aliphatic rings. The monoisotopic (exact) mass is 493 g/mol. The summed E-state index contributed by atoms with van der Waals surface area (Å²) in [5.74, 6) is 0.134. The van der Waals surface area contributed by atoms with Gasteiger partial charge >= 0.3 is 0 Å². The van der Waals surface area contributed by atoms with Gasteiger partial charge in [0, 0.05) is 18.7 Å². The number of carbonyl (C=O) groups is 2. The van der Waals surface area contributed by atoms with E-state index in [0.717, 1.165) is 16.7 Å². The number of rotatable bonds is 9. The van der Waals surface area contributed by atoms with Gasteiger partial charge in [0.25, 0.3) is 0 Å². The highest BCUT2D eigenvalue weighted by molar-refractivity contribution is 7.89. The van der Waals surface area contributed by atoms with Crippen molar-refractivity contribution in [1.82, 2.24) is 10.0 Å². The summed E-state index contributed by atoms with van der Waals surface area (Å²) in [6, 6.07) is 20.1.